The van der Waals surface area contributed by atoms with Crippen LogP contribution in [-0.4, -0.2) is 47.8 Å². The number of nitrogens with zero attached hydrogens (tertiary/aromatic N) is 1. The molecule has 0 aromatic carbocycles. The van der Waals surface area contributed by atoms with Crippen molar-refractivity contribution >= 4 is 39.3 Å². The number of ether oxygens (including phenoxy) is 1. The van der Waals surface area contributed by atoms with Gasteiger partial charge in [-0.3, -0.25) is 0 Å². The molecule has 2 rings (SSSR count). The van der Waals surface area contributed by atoms with Crippen LogP contribution < -0.4 is 5.32 Å². The monoisotopic (exact) mass is 348 g/mol. The number of carbonyl (C=O) groups is 2. The lowest BCUT2D eigenvalue weighted by Crippen LogP contribution is -2.51. The van der Waals surface area contributed by atoms with Crippen molar-refractivity contribution in [2.45, 2.75) is 12.6 Å². The Hall–Kier alpha value is -1.12. The van der Waals surface area contributed by atoms with Crippen molar-refractivity contribution in [1.82, 2.24) is 10.2 Å². The van der Waals surface area contributed by atoms with Crippen molar-refractivity contribution in [1.29, 1.82) is 0 Å². The number of aliphatic carboxylic acids is 1. The Morgan fingerprint density at radius 1 is 1.63 bits per heavy atom. The summed E-state index contributed by atoms with van der Waals surface area (Å²) in [4.78, 5) is 25.2. The molecule has 8 heteroatoms. The zero-order valence-corrected chi connectivity index (χ0v) is 12.4. The van der Waals surface area contributed by atoms with Gasteiger partial charge in [-0.25, -0.2) is 9.59 Å². The van der Waals surface area contributed by atoms with Gasteiger partial charge in [0.1, 0.15) is 0 Å². The number of rotatable bonds is 3. The van der Waals surface area contributed by atoms with Crippen molar-refractivity contribution < 1.29 is 19.4 Å². The molecule has 2 N–H and O–H groups in total. The summed E-state index contributed by atoms with van der Waals surface area (Å²) in [6.45, 7) is 1.15. The van der Waals surface area contributed by atoms with Crippen LogP contribution in [0.4, 0.5) is 4.79 Å². The molecule has 1 fully saturated rings. The number of morpholine rings is 1. The first-order chi connectivity index (χ1) is 9.08. The summed E-state index contributed by atoms with van der Waals surface area (Å²) in [6, 6.07) is 1.65. The summed E-state index contributed by atoms with van der Waals surface area (Å²) in [7, 11) is 0. The number of thiophene rings is 1. The number of carboxylic acids is 1. The van der Waals surface area contributed by atoms with Gasteiger partial charge in [0.2, 0.25) is 0 Å². The highest BCUT2D eigenvalue weighted by molar-refractivity contribution is 9.10. The van der Waals surface area contributed by atoms with Crippen molar-refractivity contribution in [2.24, 2.45) is 0 Å². The minimum Gasteiger partial charge on any atom is -0.479 e. The summed E-state index contributed by atoms with van der Waals surface area (Å²) < 4.78 is 6.02. The van der Waals surface area contributed by atoms with Crippen LogP contribution in [0.15, 0.2) is 15.9 Å². The molecular weight excluding hydrogens is 336 g/mol. The van der Waals surface area contributed by atoms with Gasteiger partial charge in [0.25, 0.3) is 0 Å². The molecule has 1 aliphatic rings. The summed E-state index contributed by atoms with van der Waals surface area (Å²) in [6.07, 6.45) is -0.937. The molecule has 2 heterocycles. The maximum absolute atomic E-state index is 11.9. The molecule has 0 spiro atoms. The lowest BCUT2D eigenvalue weighted by Gasteiger charge is -2.30. The van der Waals surface area contributed by atoms with Gasteiger partial charge >= 0.3 is 12.0 Å². The van der Waals surface area contributed by atoms with Crippen molar-refractivity contribution in [3.63, 3.8) is 0 Å². The summed E-state index contributed by atoms with van der Waals surface area (Å²) in [5.41, 5.74) is 0. The maximum atomic E-state index is 11.9. The average Bonchev–Trinajstić information content (AvgIpc) is 2.81. The third-order valence-electron chi connectivity index (χ3n) is 2.72. The van der Waals surface area contributed by atoms with Crippen LogP contribution in [0.2, 0.25) is 0 Å². The van der Waals surface area contributed by atoms with E-state index < -0.39 is 12.1 Å². The molecule has 1 saturated heterocycles. The zero-order chi connectivity index (χ0) is 13.8. The van der Waals surface area contributed by atoms with Gasteiger partial charge < -0.3 is 20.1 Å². The van der Waals surface area contributed by atoms with Gasteiger partial charge in [0, 0.05) is 15.9 Å². The van der Waals surface area contributed by atoms with Crippen molar-refractivity contribution in [3.05, 3.63) is 20.8 Å². The minimum absolute atomic E-state index is 0.0762. The van der Waals surface area contributed by atoms with Crippen LogP contribution in [0.25, 0.3) is 0 Å². The number of halogens is 1. The first-order valence-corrected chi connectivity index (χ1v) is 7.34. The summed E-state index contributed by atoms with van der Waals surface area (Å²) in [5, 5.41) is 13.6. The second-order valence-corrected chi connectivity index (χ2v) is 5.85. The highest BCUT2D eigenvalue weighted by Crippen LogP contribution is 2.22. The van der Waals surface area contributed by atoms with Gasteiger partial charge in [0.05, 0.1) is 19.7 Å². The smallest absolute Gasteiger partial charge is 0.334 e. The van der Waals surface area contributed by atoms with Gasteiger partial charge in [-0.2, -0.15) is 0 Å². The molecule has 1 aromatic rings. The van der Waals surface area contributed by atoms with E-state index in [4.69, 9.17) is 9.84 Å². The third kappa shape index (κ3) is 3.68. The molecular formula is C11H13BrN2O4S. The number of urea groups is 1. The molecule has 6 nitrogen and oxygen atoms in total. The van der Waals surface area contributed by atoms with Crippen LogP contribution >= 0.6 is 27.3 Å². The normalized spacial score (nSPS) is 19.2. The molecule has 0 bridgehead atoms. The first kappa shape index (κ1) is 14.3. The standard InChI is InChI=1S/C11H13BrN2O4S/c12-7-1-4-19-9(7)5-13-11(17)14-2-3-18-8(6-14)10(15)16/h1,4,8H,2-3,5-6H2,(H,13,17)(H,15,16). The fourth-order valence-electron chi connectivity index (χ4n) is 1.70. The number of hydrogen-bond donors (Lipinski definition) is 2. The Morgan fingerprint density at radius 3 is 3.05 bits per heavy atom. The van der Waals surface area contributed by atoms with E-state index in [1.165, 1.54) is 4.90 Å². The minimum atomic E-state index is -1.04. The lowest BCUT2D eigenvalue weighted by atomic mass is 10.3. The molecule has 0 radical (unpaired) electrons. The van der Waals surface area contributed by atoms with Crippen LogP contribution in [0, 0.1) is 0 Å². The Morgan fingerprint density at radius 2 is 2.42 bits per heavy atom. The highest BCUT2D eigenvalue weighted by atomic mass is 79.9. The van der Waals surface area contributed by atoms with Crippen molar-refractivity contribution in [3.8, 4) is 0 Å². The molecule has 104 valence electrons. The quantitative estimate of drug-likeness (QED) is 0.867. The molecule has 1 aromatic heterocycles. The predicted molar refractivity (Wildman–Crippen MR) is 73.2 cm³/mol. The number of carbonyl (C=O) groups excluding carboxylic acids is 1. The maximum Gasteiger partial charge on any atom is 0.334 e. The van der Waals surface area contributed by atoms with Crippen molar-refractivity contribution in [2.75, 3.05) is 19.7 Å². The second kappa shape index (κ2) is 6.36. The van der Waals surface area contributed by atoms with E-state index in [1.807, 2.05) is 11.4 Å². The lowest BCUT2D eigenvalue weighted by molar-refractivity contribution is -0.154. The Balaban J connectivity index is 1.86. The zero-order valence-electron chi connectivity index (χ0n) is 9.97. The number of amides is 2. The largest absolute Gasteiger partial charge is 0.479 e. The fourth-order valence-corrected chi connectivity index (χ4v) is 3.13. The number of nitrogens with one attached hydrogen (secondary N) is 1. The van der Waals surface area contributed by atoms with E-state index in [-0.39, 0.29) is 19.2 Å². The molecule has 0 aliphatic carbocycles. The van der Waals surface area contributed by atoms with Gasteiger partial charge in [-0.05, 0) is 27.4 Å². The summed E-state index contributed by atoms with van der Waals surface area (Å²) >= 11 is 4.93. The Bertz CT molecular complexity index is 479. The van der Waals surface area contributed by atoms with E-state index in [9.17, 15) is 9.59 Å². The van der Waals surface area contributed by atoms with Crippen LogP contribution in [0.5, 0.6) is 0 Å². The summed E-state index contributed by atoms with van der Waals surface area (Å²) in [5.74, 6) is -1.04. The van der Waals surface area contributed by atoms with E-state index >= 15 is 0 Å². The van der Waals surface area contributed by atoms with Crippen LogP contribution in [0.1, 0.15) is 4.88 Å². The average molecular weight is 349 g/mol. The molecule has 0 saturated carbocycles. The second-order valence-electron chi connectivity index (χ2n) is 3.99. The topological polar surface area (TPSA) is 78.9 Å². The number of carboxylic acid groups (broad SMARTS) is 1. The van der Waals surface area contributed by atoms with Gasteiger partial charge in [-0.15, -0.1) is 11.3 Å². The molecule has 2 amide bonds. The predicted octanol–water partition coefficient (Wildman–Crippen LogP) is 1.51. The van der Waals surface area contributed by atoms with Gasteiger partial charge in [-0.1, -0.05) is 0 Å². The van der Waals surface area contributed by atoms with Crippen LogP contribution in [-0.2, 0) is 16.1 Å². The third-order valence-corrected chi connectivity index (χ3v) is 4.65. The molecule has 1 unspecified atom stereocenters. The number of hydrogen-bond acceptors (Lipinski definition) is 4. The van der Waals surface area contributed by atoms with E-state index in [2.05, 4.69) is 21.2 Å². The highest BCUT2D eigenvalue weighted by Gasteiger charge is 2.28. The SMILES string of the molecule is O=C(O)C1CN(C(=O)NCc2sccc2Br)CCO1. The van der Waals surface area contributed by atoms with E-state index in [0.717, 1.165) is 9.35 Å². The van der Waals surface area contributed by atoms with E-state index in [0.29, 0.717) is 13.1 Å². The molecule has 1 aliphatic heterocycles. The molecule has 19 heavy (non-hydrogen) atoms. The first-order valence-electron chi connectivity index (χ1n) is 5.67. The van der Waals surface area contributed by atoms with Gasteiger partial charge in [0.15, 0.2) is 6.10 Å². The van der Waals surface area contributed by atoms with E-state index in [1.54, 1.807) is 11.3 Å². The van der Waals surface area contributed by atoms with Crippen LogP contribution in [0.3, 0.4) is 0 Å². The Kier molecular flexibility index (Phi) is 4.78. The molecule has 1 atom stereocenters. The fraction of sp³-hybridized carbons (Fsp3) is 0.455. The Labute approximate surface area is 122 Å².